The topological polar surface area (TPSA) is 104 Å². The quantitative estimate of drug-likeness (QED) is 0.0841. The van der Waals surface area contributed by atoms with E-state index in [1.54, 1.807) is 12.1 Å². The maximum Gasteiger partial charge on any atom is 0.210 e. The van der Waals surface area contributed by atoms with Crippen LogP contribution in [0.25, 0.3) is 21.8 Å². The highest BCUT2D eigenvalue weighted by molar-refractivity contribution is 6.47. The van der Waals surface area contributed by atoms with Crippen LogP contribution < -0.4 is 0 Å². The summed E-state index contributed by atoms with van der Waals surface area (Å²) in [5.41, 5.74) is 3.24. The molecule has 3 aromatic rings. The number of nitrogens with zero attached hydrogens (tertiary/aromatic N) is 3. The molecule has 0 saturated heterocycles. The van der Waals surface area contributed by atoms with Crippen molar-refractivity contribution in [3.8, 4) is 0 Å². The van der Waals surface area contributed by atoms with Gasteiger partial charge in [0, 0.05) is 39.5 Å². The molecular formula is C31H39N3O4. The molecule has 7 nitrogen and oxygen atoms in total. The van der Waals surface area contributed by atoms with Gasteiger partial charge in [-0.15, -0.1) is 0 Å². The van der Waals surface area contributed by atoms with Gasteiger partial charge in [-0.1, -0.05) is 68.6 Å². The first-order valence-corrected chi connectivity index (χ1v) is 14.1. The van der Waals surface area contributed by atoms with Gasteiger partial charge in [0.2, 0.25) is 11.6 Å². The fourth-order valence-electron chi connectivity index (χ4n) is 5.83. The molecule has 4 rings (SSSR count). The van der Waals surface area contributed by atoms with Crippen LogP contribution in [0.2, 0.25) is 0 Å². The average Bonchev–Trinajstić information content (AvgIpc) is 3.28. The van der Waals surface area contributed by atoms with Crippen LogP contribution >= 0.6 is 0 Å². The molecule has 0 unspecified atom stereocenters. The Hall–Kier alpha value is -3.48. The molecule has 38 heavy (non-hydrogen) atoms. The minimum absolute atomic E-state index is 0.169. The molecule has 2 N–H and O–H groups in total. The highest BCUT2D eigenvalue weighted by atomic mass is 16.4. The van der Waals surface area contributed by atoms with E-state index in [-0.39, 0.29) is 23.0 Å². The van der Waals surface area contributed by atoms with E-state index in [0.717, 1.165) is 79.7 Å². The number of rotatable bonds is 12. The molecule has 0 atom stereocenters. The van der Waals surface area contributed by atoms with Gasteiger partial charge < -0.3 is 15.0 Å². The van der Waals surface area contributed by atoms with E-state index in [9.17, 15) is 20.0 Å². The number of carbonyl (C=O) groups is 2. The summed E-state index contributed by atoms with van der Waals surface area (Å²) >= 11 is 0. The Bertz CT molecular complexity index is 1360. The normalized spacial score (nSPS) is 15.4. The first kappa shape index (κ1) is 27.6. The molecule has 0 bridgehead atoms. The second-order valence-electron chi connectivity index (χ2n) is 10.5. The highest BCUT2D eigenvalue weighted by Gasteiger charge is 2.23. The number of hydrogen-bond donors (Lipinski definition) is 2. The molecule has 0 amide bonds. The predicted octanol–water partition coefficient (Wildman–Crippen LogP) is 7.78. The van der Waals surface area contributed by atoms with Crippen molar-refractivity contribution in [2.45, 2.75) is 91.0 Å². The lowest BCUT2D eigenvalue weighted by atomic mass is 9.84. The number of oxime groups is 2. The Balaban J connectivity index is 1.67. The van der Waals surface area contributed by atoms with E-state index in [4.69, 9.17) is 0 Å². The van der Waals surface area contributed by atoms with Crippen LogP contribution in [0.4, 0.5) is 0 Å². The van der Waals surface area contributed by atoms with Crippen LogP contribution in [0.3, 0.4) is 0 Å². The number of benzene rings is 2. The van der Waals surface area contributed by atoms with Gasteiger partial charge in [-0.25, -0.2) is 0 Å². The van der Waals surface area contributed by atoms with Crippen molar-refractivity contribution < 1.29 is 20.0 Å². The highest BCUT2D eigenvalue weighted by Crippen LogP contribution is 2.32. The van der Waals surface area contributed by atoms with Crippen molar-refractivity contribution in [3.05, 3.63) is 47.5 Å². The van der Waals surface area contributed by atoms with Crippen molar-refractivity contribution in [1.29, 1.82) is 0 Å². The lowest BCUT2D eigenvalue weighted by Crippen LogP contribution is -2.20. The molecule has 1 aromatic heterocycles. The zero-order valence-electron chi connectivity index (χ0n) is 22.6. The molecule has 2 aromatic carbocycles. The average molecular weight is 518 g/mol. The van der Waals surface area contributed by atoms with Crippen LogP contribution in [0.5, 0.6) is 0 Å². The third-order valence-corrected chi connectivity index (χ3v) is 7.95. The molecule has 202 valence electrons. The molecule has 1 aliphatic carbocycles. The molecule has 1 fully saturated rings. The summed E-state index contributed by atoms with van der Waals surface area (Å²) in [5, 5.41) is 27.6. The minimum atomic E-state index is -0.280. The molecule has 0 spiro atoms. The number of unbranched alkanes of at least 4 members (excludes halogenated alkanes) is 3. The Morgan fingerprint density at radius 2 is 1.39 bits per heavy atom. The Kier molecular flexibility index (Phi) is 9.32. The van der Waals surface area contributed by atoms with Gasteiger partial charge in [0.15, 0.2) is 0 Å². The van der Waals surface area contributed by atoms with Gasteiger partial charge in [-0.2, -0.15) is 0 Å². The van der Waals surface area contributed by atoms with Crippen LogP contribution in [-0.4, -0.2) is 38.0 Å². The molecule has 1 heterocycles. The van der Waals surface area contributed by atoms with Crippen LogP contribution in [-0.2, 0) is 6.54 Å². The lowest BCUT2D eigenvalue weighted by Gasteiger charge is -2.21. The van der Waals surface area contributed by atoms with Gasteiger partial charge in [0.1, 0.15) is 11.4 Å². The SMILES string of the molecule is CCCCCC/C(=N\O)C(=O)c1ccc2c(c1)c1cc(C(=O)/C(CC3CCCCC3)=N/O)ccc1n2CC. The molecule has 0 aliphatic heterocycles. The first-order chi connectivity index (χ1) is 18.5. The smallest absolute Gasteiger partial charge is 0.210 e. The van der Waals surface area contributed by atoms with Crippen LogP contribution in [0.15, 0.2) is 46.7 Å². The summed E-state index contributed by atoms with van der Waals surface area (Å²) in [4.78, 5) is 26.6. The van der Waals surface area contributed by atoms with Gasteiger partial charge >= 0.3 is 0 Å². The molecule has 0 radical (unpaired) electrons. The maximum absolute atomic E-state index is 13.4. The largest absolute Gasteiger partial charge is 0.411 e. The van der Waals surface area contributed by atoms with Crippen LogP contribution in [0, 0.1) is 5.92 Å². The molecular weight excluding hydrogens is 478 g/mol. The minimum Gasteiger partial charge on any atom is -0.411 e. The van der Waals surface area contributed by atoms with Gasteiger partial charge in [-0.05, 0) is 68.5 Å². The Morgan fingerprint density at radius 3 is 1.92 bits per heavy atom. The monoisotopic (exact) mass is 517 g/mol. The van der Waals surface area contributed by atoms with Gasteiger partial charge in [-0.3, -0.25) is 9.59 Å². The Labute approximate surface area is 224 Å². The number of Topliss-reactive ketones (excluding diaryl/α,β-unsaturated/α-hetero) is 2. The molecule has 1 saturated carbocycles. The van der Waals surface area contributed by atoms with Gasteiger partial charge in [0.25, 0.3) is 0 Å². The van der Waals surface area contributed by atoms with E-state index in [1.165, 1.54) is 6.42 Å². The number of ketones is 2. The van der Waals surface area contributed by atoms with Crippen molar-refractivity contribution >= 4 is 44.8 Å². The third-order valence-electron chi connectivity index (χ3n) is 7.95. The van der Waals surface area contributed by atoms with E-state index in [1.807, 2.05) is 24.3 Å². The summed E-state index contributed by atoms with van der Waals surface area (Å²) in [7, 11) is 0. The van der Waals surface area contributed by atoms with E-state index in [0.29, 0.717) is 29.9 Å². The second-order valence-corrected chi connectivity index (χ2v) is 10.5. The lowest BCUT2D eigenvalue weighted by molar-refractivity contribution is 0.105. The standard InChI is InChI=1S/C31H39N3O4/c1-3-5-6-10-13-26(32-37)30(35)22-14-16-28-24(19-22)25-20-23(15-17-29(25)34(28)4-2)31(36)27(33-38)18-21-11-8-7-9-12-21/h14-17,19-21,37-38H,3-13,18H2,1-2H3/b32-26+,33-27+. The van der Waals surface area contributed by atoms with Crippen molar-refractivity contribution in [3.63, 3.8) is 0 Å². The van der Waals surface area contributed by atoms with E-state index in [2.05, 4.69) is 28.7 Å². The number of carbonyl (C=O) groups excluding carboxylic acids is 2. The zero-order chi connectivity index (χ0) is 27.1. The zero-order valence-corrected chi connectivity index (χ0v) is 22.6. The van der Waals surface area contributed by atoms with E-state index < -0.39 is 0 Å². The van der Waals surface area contributed by atoms with Crippen molar-refractivity contribution in [2.75, 3.05) is 0 Å². The summed E-state index contributed by atoms with van der Waals surface area (Å²) in [5.74, 6) is -0.161. The fraction of sp³-hybridized carbons (Fsp3) is 0.484. The van der Waals surface area contributed by atoms with Crippen LogP contribution in [0.1, 0.15) is 105 Å². The molecule has 1 aliphatic rings. The summed E-state index contributed by atoms with van der Waals surface area (Å²) < 4.78 is 2.15. The van der Waals surface area contributed by atoms with E-state index >= 15 is 0 Å². The van der Waals surface area contributed by atoms with Gasteiger partial charge in [0.05, 0.1) is 0 Å². The number of aromatic nitrogens is 1. The van der Waals surface area contributed by atoms with Crippen molar-refractivity contribution in [2.24, 2.45) is 16.2 Å². The summed E-state index contributed by atoms with van der Waals surface area (Å²) in [6, 6.07) is 11.1. The van der Waals surface area contributed by atoms with Crippen molar-refractivity contribution in [1.82, 2.24) is 4.57 Å². The third kappa shape index (κ3) is 5.82. The second kappa shape index (κ2) is 12.9. The fourth-order valence-corrected chi connectivity index (χ4v) is 5.83. The number of aryl methyl sites for hydroxylation is 1. The maximum atomic E-state index is 13.4. The summed E-state index contributed by atoms with van der Waals surface area (Å²) in [6.45, 7) is 4.91. The predicted molar refractivity (Wildman–Crippen MR) is 152 cm³/mol. The molecule has 7 heteroatoms. The first-order valence-electron chi connectivity index (χ1n) is 14.1. The Morgan fingerprint density at radius 1 is 0.816 bits per heavy atom. The number of hydrogen-bond acceptors (Lipinski definition) is 6. The summed E-state index contributed by atoms with van der Waals surface area (Å²) in [6.07, 6.45) is 10.5. The number of fused-ring (bicyclic) bond motifs is 3.